The summed E-state index contributed by atoms with van der Waals surface area (Å²) in [5, 5.41) is 7.62. The first-order chi connectivity index (χ1) is 9.97. The third kappa shape index (κ3) is 4.16. The van der Waals surface area contributed by atoms with Crippen LogP contribution in [0.15, 0.2) is 36.7 Å². The molecule has 0 amide bonds. The Morgan fingerprint density at radius 2 is 2.10 bits per heavy atom. The van der Waals surface area contributed by atoms with Crippen LogP contribution in [0.4, 0.5) is 5.69 Å². The highest BCUT2D eigenvalue weighted by Crippen LogP contribution is 2.27. The van der Waals surface area contributed by atoms with Crippen LogP contribution in [0.25, 0.3) is 0 Å². The van der Waals surface area contributed by atoms with E-state index in [-0.39, 0.29) is 6.04 Å². The van der Waals surface area contributed by atoms with Crippen LogP contribution in [-0.2, 0) is 0 Å². The van der Waals surface area contributed by atoms with E-state index in [1.54, 1.807) is 6.20 Å². The maximum absolute atomic E-state index is 6.27. The minimum absolute atomic E-state index is 0.0724. The van der Waals surface area contributed by atoms with Crippen LogP contribution >= 0.6 is 23.8 Å². The lowest BCUT2D eigenvalue weighted by Gasteiger charge is -2.19. The number of aryl methyl sites for hydroxylation is 2. The smallest absolute Gasteiger partial charge is 0.171 e. The zero-order valence-corrected chi connectivity index (χ0v) is 13.8. The van der Waals surface area contributed by atoms with Crippen molar-refractivity contribution in [3.05, 3.63) is 58.4 Å². The first kappa shape index (κ1) is 15.7. The van der Waals surface area contributed by atoms with Crippen LogP contribution in [0.2, 0.25) is 5.02 Å². The zero-order valence-electron chi connectivity index (χ0n) is 12.3. The summed E-state index contributed by atoms with van der Waals surface area (Å²) in [7, 11) is 0. The largest absolute Gasteiger partial charge is 0.356 e. The van der Waals surface area contributed by atoms with Crippen LogP contribution < -0.4 is 10.6 Å². The van der Waals surface area contributed by atoms with Crippen LogP contribution in [0.3, 0.4) is 0 Å². The van der Waals surface area contributed by atoms with E-state index in [4.69, 9.17) is 23.8 Å². The Kier molecular flexibility index (Phi) is 5.15. The number of nitrogens with one attached hydrogen (secondary N) is 2. The lowest BCUT2D eigenvalue weighted by molar-refractivity contribution is 0.718. The van der Waals surface area contributed by atoms with Gasteiger partial charge in [0.15, 0.2) is 5.11 Å². The molecule has 3 nitrogen and oxygen atoms in total. The number of thiocarbonyl (C=S) groups is 1. The van der Waals surface area contributed by atoms with Gasteiger partial charge in [-0.05, 0) is 61.8 Å². The van der Waals surface area contributed by atoms with E-state index in [2.05, 4.69) is 21.7 Å². The Bertz CT molecular complexity index is 620. The molecule has 0 spiro atoms. The maximum Gasteiger partial charge on any atom is 0.171 e. The fraction of sp³-hybridized carbons (Fsp3) is 0.250. The van der Waals surface area contributed by atoms with E-state index < -0.39 is 0 Å². The highest BCUT2D eigenvalue weighted by Gasteiger charge is 2.10. The molecular weight excluding hydrogens is 302 g/mol. The van der Waals surface area contributed by atoms with Crippen molar-refractivity contribution < 1.29 is 0 Å². The molecule has 1 heterocycles. The molecule has 0 saturated heterocycles. The van der Waals surface area contributed by atoms with Gasteiger partial charge in [-0.1, -0.05) is 23.7 Å². The molecule has 0 saturated carbocycles. The highest BCUT2D eigenvalue weighted by molar-refractivity contribution is 7.80. The summed E-state index contributed by atoms with van der Waals surface area (Å²) in [6.45, 7) is 6.06. The Balaban J connectivity index is 2.06. The molecule has 5 heteroatoms. The maximum atomic E-state index is 6.27. The molecule has 2 rings (SSSR count). The summed E-state index contributed by atoms with van der Waals surface area (Å²) in [5.74, 6) is 0. The number of rotatable bonds is 3. The summed E-state index contributed by atoms with van der Waals surface area (Å²) in [6, 6.07) is 7.98. The predicted octanol–water partition coefficient (Wildman–Crippen LogP) is 4.40. The van der Waals surface area contributed by atoms with Gasteiger partial charge >= 0.3 is 0 Å². The molecule has 0 aliphatic rings. The second kappa shape index (κ2) is 6.87. The van der Waals surface area contributed by atoms with Gasteiger partial charge in [-0.25, -0.2) is 0 Å². The SMILES string of the molecule is Cc1cc(C)c(NC(=S)N[C@@H](C)c2cccnc2)c(Cl)c1. The minimum Gasteiger partial charge on any atom is -0.356 e. The molecule has 0 aliphatic heterocycles. The Labute approximate surface area is 135 Å². The van der Waals surface area contributed by atoms with Crippen molar-refractivity contribution in [3.63, 3.8) is 0 Å². The average Bonchev–Trinajstić information content (AvgIpc) is 2.43. The van der Waals surface area contributed by atoms with E-state index in [1.807, 2.05) is 45.2 Å². The number of hydrogen-bond donors (Lipinski definition) is 2. The van der Waals surface area contributed by atoms with Crippen molar-refractivity contribution in [2.75, 3.05) is 5.32 Å². The summed E-state index contributed by atoms with van der Waals surface area (Å²) in [6.07, 6.45) is 3.58. The van der Waals surface area contributed by atoms with E-state index in [9.17, 15) is 0 Å². The quantitative estimate of drug-likeness (QED) is 0.822. The van der Waals surface area contributed by atoms with Crippen molar-refractivity contribution in [3.8, 4) is 0 Å². The second-order valence-corrected chi connectivity index (χ2v) is 5.86. The summed E-state index contributed by atoms with van der Waals surface area (Å²) in [4.78, 5) is 4.11. The molecular formula is C16H18ClN3S. The lowest BCUT2D eigenvalue weighted by Crippen LogP contribution is -2.31. The zero-order chi connectivity index (χ0) is 15.4. The monoisotopic (exact) mass is 319 g/mol. The van der Waals surface area contributed by atoms with Gasteiger partial charge in [0.1, 0.15) is 0 Å². The number of hydrogen-bond acceptors (Lipinski definition) is 2. The average molecular weight is 320 g/mol. The first-order valence-electron chi connectivity index (χ1n) is 6.71. The van der Waals surface area contributed by atoms with Crippen molar-refractivity contribution >= 4 is 34.6 Å². The van der Waals surface area contributed by atoms with Gasteiger partial charge in [0.2, 0.25) is 0 Å². The normalized spacial score (nSPS) is 11.8. The van der Waals surface area contributed by atoms with Gasteiger partial charge in [0.05, 0.1) is 16.8 Å². The highest BCUT2D eigenvalue weighted by atomic mass is 35.5. The Hall–Kier alpha value is -1.65. The third-order valence-electron chi connectivity index (χ3n) is 3.20. The number of aromatic nitrogens is 1. The summed E-state index contributed by atoms with van der Waals surface area (Å²) >= 11 is 11.6. The number of pyridine rings is 1. The van der Waals surface area contributed by atoms with E-state index in [0.29, 0.717) is 10.1 Å². The van der Waals surface area contributed by atoms with E-state index >= 15 is 0 Å². The fourth-order valence-corrected chi connectivity index (χ4v) is 2.78. The molecule has 0 bridgehead atoms. The first-order valence-corrected chi connectivity index (χ1v) is 7.50. The molecule has 2 aromatic rings. The molecule has 110 valence electrons. The number of nitrogens with zero attached hydrogens (tertiary/aromatic N) is 1. The predicted molar refractivity (Wildman–Crippen MR) is 92.9 cm³/mol. The molecule has 1 atom stereocenters. The molecule has 0 fully saturated rings. The molecule has 2 N–H and O–H groups in total. The fourth-order valence-electron chi connectivity index (χ4n) is 2.14. The molecule has 0 radical (unpaired) electrons. The molecule has 0 unspecified atom stereocenters. The Morgan fingerprint density at radius 3 is 2.71 bits per heavy atom. The molecule has 1 aromatic heterocycles. The molecule has 0 aliphatic carbocycles. The third-order valence-corrected chi connectivity index (χ3v) is 3.72. The van der Waals surface area contributed by atoms with Gasteiger partial charge in [-0.3, -0.25) is 4.98 Å². The van der Waals surface area contributed by atoms with Crippen LogP contribution in [0.1, 0.15) is 29.7 Å². The van der Waals surface area contributed by atoms with Crippen LogP contribution in [0.5, 0.6) is 0 Å². The van der Waals surface area contributed by atoms with Gasteiger partial charge in [-0.2, -0.15) is 0 Å². The Morgan fingerprint density at radius 1 is 1.33 bits per heavy atom. The lowest BCUT2D eigenvalue weighted by atomic mass is 10.1. The molecule has 21 heavy (non-hydrogen) atoms. The second-order valence-electron chi connectivity index (χ2n) is 5.05. The number of halogens is 1. The summed E-state index contributed by atoms with van der Waals surface area (Å²) < 4.78 is 0. The van der Waals surface area contributed by atoms with Gasteiger partial charge in [-0.15, -0.1) is 0 Å². The van der Waals surface area contributed by atoms with Crippen LogP contribution in [-0.4, -0.2) is 10.1 Å². The summed E-state index contributed by atoms with van der Waals surface area (Å²) in [5.41, 5.74) is 4.12. The van der Waals surface area contributed by atoms with Crippen molar-refractivity contribution in [1.82, 2.24) is 10.3 Å². The van der Waals surface area contributed by atoms with Crippen molar-refractivity contribution in [1.29, 1.82) is 0 Å². The van der Waals surface area contributed by atoms with Gasteiger partial charge in [0, 0.05) is 12.4 Å². The molecule has 1 aromatic carbocycles. The van der Waals surface area contributed by atoms with E-state index in [1.165, 1.54) is 0 Å². The van der Waals surface area contributed by atoms with Gasteiger partial charge in [0.25, 0.3) is 0 Å². The minimum atomic E-state index is 0.0724. The topological polar surface area (TPSA) is 37.0 Å². The van der Waals surface area contributed by atoms with Crippen molar-refractivity contribution in [2.24, 2.45) is 0 Å². The number of anilines is 1. The number of benzene rings is 1. The standard InChI is InChI=1S/C16H18ClN3S/c1-10-7-11(2)15(14(17)8-10)20-16(21)19-12(3)13-5-4-6-18-9-13/h4-9,12H,1-3H3,(H2,19,20,21)/t12-/m0/s1. The van der Waals surface area contributed by atoms with Crippen molar-refractivity contribution in [2.45, 2.75) is 26.8 Å². The van der Waals surface area contributed by atoms with E-state index in [0.717, 1.165) is 22.4 Å². The van der Waals surface area contributed by atoms with Gasteiger partial charge < -0.3 is 10.6 Å². The van der Waals surface area contributed by atoms with Crippen LogP contribution in [0, 0.1) is 13.8 Å².